The van der Waals surface area contributed by atoms with Crippen molar-refractivity contribution in [3.8, 4) is 5.88 Å². The van der Waals surface area contributed by atoms with Crippen LogP contribution in [0.3, 0.4) is 0 Å². The molecule has 0 aliphatic heterocycles. The van der Waals surface area contributed by atoms with E-state index in [2.05, 4.69) is 4.98 Å². The smallest absolute Gasteiger partial charge is 0.331 e. The van der Waals surface area contributed by atoms with Gasteiger partial charge in [-0.25, -0.2) is 4.79 Å². The van der Waals surface area contributed by atoms with E-state index in [1.54, 1.807) is 0 Å². The molecule has 5 nitrogen and oxygen atoms in total. The van der Waals surface area contributed by atoms with Crippen molar-refractivity contribution in [1.29, 1.82) is 0 Å². The van der Waals surface area contributed by atoms with Crippen molar-refractivity contribution in [3.05, 3.63) is 26.9 Å². The first-order valence-corrected chi connectivity index (χ1v) is 4.14. The molecule has 70 valence electrons. The maximum absolute atomic E-state index is 11.2. The largest absolute Gasteiger partial charge is 0.494 e. The van der Waals surface area contributed by atoms with Crippen LogP contribution in [0.2, 0.25) is 0 Å². The van der Waals surface area contributed by atoms with Crippen LogP contribution in [-0.4, -0.2) is 14.7 Å². The van der Waals surface area contributed by atoms with Gasteiger partial charge in [0.2, 0.25) is 5.88 Å². The van der Waals surface area contributed by atoms with Crippen LogP contribution in [0.25, 0.3) is 0 Å². The molecule has 5 heteroatoms. The second-order valence-corrected chi connectivity index (χ2v) is 3.45. The summed E-state index contributed by atoms with van der Waals surface area (Å²) in [6.07, 6.45) is 0.875. The van der Waals surface area contributed by atoms with Gasteiger partial charge in [0, 0.05) is 6.04 Å². The zero-order valence-electron chi connectivity index (χ0n) is 7.15. The van der Waals surface area contributed by atoms with E-state index in [4.69, 9.17) is 0 Å². The second kappa shape index (κ2) is 2.48. The van der Waals surface area contributed by atoms with Crippen LogP contribution in [0, 0.1) is 5.92 Å². The number of hydrogen-bond donors (Lipinski definition) is 2. The fourth-order valence-electron chi connectivity index (χ4n) is 1.48. The first-order chi connectivity index (χ1) is 6.09. The fraction of sp³-hybridized carbons (Fsp3) is 0.500. The number of H-pyrrole nitrogens is 1. The molecule has 13 heavy (non-hydrogen) atoms. The van der Waals surface area contributed by atoms with Crippen molar-refractivity contribution in [2.45, 2.75) is 19.4 Å². The van der Waals surface area contributed by atoms with Gasteiger partial charge in [0.05, 0.1) is 6.07 Å². The molecular formula is C8H10N2O3. The van der Waals surface area contributed by atoms with E-state index >= 15 is 0 Å². The molecule has 1 aromatic heterocycles. The van der Waals surface area contributed by atoms with Gasteiger partial charge in [-0.05, 0) is 12.3 Å². The van der Waals surface area contributed by atoms with E-state index < -0.39 is 11.2 Å². The fourth-order valence-corrected chi connectivity index (χ4v) is 1.48. The van der Waals surface area contributed by atoms with Crippen LogP contribution >= 0.6 is 0 Å². The zero-order valence-corrected chi connectivity index (χ0v) is 7.15. The predicted octanol–water partition coefficient (Wildman–Crippen LogP) is -0.177. The van der Waals surface area contributed by atoms with Crippen molar-refractivity contribution in [1.82, 2.24) is 9.55 Å². The normalized spacial score (nSPS) is 25.9. The van der Waals surface area contributed by atoms with Crippen molar-refractivity contribution in [2.24, 2.45) is 5.92 Å². The molecule has 0 radical (unpaired) electrons. The van der Waals surface area contributed by atoms with E-state index in [1.165, 1.54) is 4.57 Å². The maximum atomic E-state index is 11.2. The summed E-state index contributed by atoms with van der Waals surface area (Å²) in [6.45, 7) is 1.99. The van der Waals surface area contributed by atoms with Crippen molar-refractivity contribution < 1.29 is 5.11 Å². The van der Waals surface area contributed by atoms with Gasteiger partial charge in [-0.15, -0.1) is 0 Å². The first kappa shape index (κ1) is 8.10. The van der Waals surface area contributed by atoms with Gasteiger partial charge in [-0.1, -0.05) is 6.92 Å². The van der Waals surface area contributed by atoms with Crippen molar-refractivity contribution in [3.63, 3.8) is 0 Å². The molecule has 1 aromatic rings. The number of aromatic hydroxyl groups is 1. The predicted molar refractivity (Wildman–Crippen MR) is 45.8 cm³/mol. The number of nitrogens with one attached hydrogen (secondary N) is 1. The molecule has 0 bridgehead atoms. The molecule has 1 aliphatic carbocycles. The van der Waals surface area contributed by atoms with Crippen LogP contribution in [0.5, 0.6) is 5.88 Å². The van der Waals surface area contributed by atoms with Crippen LogP contribution in [0.1, 0.15) is 19.4 Å². The van der Waals surface area contributed by atoms with Crippen LogP contribution in [0.15, 0.2) is 15.7 Å². The molecule has 0 saturated heterocycles. The number of aromatic amines is 1. The van der Waals surface area contributed by atoms with E-state index in [0.29, 0.717) is 5.92 Å². The lowest BCUT2D eigenvalue weighted by Crippen LogP contribution is -2.28. The second-order valence-electron chi connectivity index (χ2n) is 3.45. The molecule has 1 aliphatic rings. The summed E-state index contributed by atoms with van der Waals surface area (Å²) in [5.41, 5.74) is -1.09. The van der Waals surface area contributed by atoms with Gasteiger partial charge >= 0.3 is 5.69 Å². The van der Waals surface area contributed by atoms with Crippen molar-refractivity contribution in [2.75, 3.05) is 0 Å². The van der Waals surface area contributed by atoms with E-state index in [-0.39, 0.29) is 11.9 Å². The van der Waals surface area contributed by atoms with Gasteiger partial charge in [0.15, 0.2) is 0 Å². The molecule has 1 fully saturated rings. The van der Waals surface area contributed by atoms with Gasteiger partial charge in [-0.3, -0.25) is 14.3 Å². The van der Waals surface area contributed by atoms with Gasteiger partial charge < -0.3 is 5.11 Å². The Bertz CT molecular complexity index is 445. The third-order valence-corrected chi connectivity index (χ3v) is 2.35. The lowest BCUT2D eigenvalue weighted by atomic mass is 10.4. The van der Waals surface area contributed by atoms with Gasteiger partial charge in [0.25, 0.3) is 5.56 Å². The summed E-state index contributed by atoms with van der Waals surface area (Å²) >= 11 is 0. The first-order valence-electron chi connectivity index (χ1n) is 4.14. The summed E-state index contributed by atoms with van der Waals surface area (Å²) < 4.78 is 1.23. The Hall–Kier alpha value is -1.52. The maximum Gasteiger partial charge on any atom is 0.331 e. The highest BCUT2D eigenvalue weighted by Crippen LogP contribution is 2.42. The highest BCUT2D eigenvalue weighted by Gasteiger charge is 2.36. The lowest BCUT2D eigenvalue weighted by molar-refractivity contribution is 0.397. The molecule has 2 N–H and O–H groups in total. The molecule has 2 unspecified atom stereocenters. The molecular weight excluding hydrogens is 172 g/mol. The Morgan fingerprint density at radius 3 is 2.69 bits per heavy atom. The SMILES string of the molecule is CC1CC1n1c(O)cc(=O)[nH]c1=O. The molecule has 0 spiro atoms. The summed E-state index contributed by atoms with van der Waals surface area (Å²) in [6, 6.07) is 1.07. The number of rotatable bonds is 1. The highest BCUT2D eigenvalue weighted by atomic mass is 16.3. The third-order valence-electron chi connectivity index (χ3n) is 2.35. The van der Waals surface area contributed by atoms with Crippen molar-refractivity contribution >= 4 is 0 Å². The summed E-state index contributed by atoms with van der Waals surface area (Å²) in [7, 11) is 0. The highest BCUT2D eigenvalue weighted by molar-refractivity contribution is 5.10. The Morgan fingerprint density at radius 1 is 1.62 bits per heavy atom. The van der Waals surface area contributed by atoms with Crippen LogP contribution in [-0.2, 0) is 0 Å². The lowest BCUT2D eigenvalue weighted by Gasteiger charge is -2.04. The zero-order chi connectivity index (χ0) is 9.59. The Morgan fingerprint density at radius 2 is 2.23 bits per heavy atom. The topological polar surface area (TPSA) is 75.1 Å². The molecule has 2 atom stereocenters. The number of aromatic nitrogens is 2. The molecule has 1 saturated carbocycles. The summed E-state index contributed by atoms with van der Waals surface area (Å²) in [4.78, 5) is 24.1. The molecule has 0 amide bonds. The molecule has 2 rings (SSSR count). The van der Waals surface area contributed by atoms with Gasteiger partial charge in [0.1, 0.15) is 0 Å². The molecule has 1 heterocycles. The minimum atomic E-state index is -0.563. The van der Waals surface area contributed by atoms with Crippen LogP contribution in [0.4, 0.5) is 0 Å². The molecule has 0 aromatic carbocycles. The Kier molecular flexibility index (Phi) is 1.55. The third kappa shape index (κ3) is 1.26. The Balaban J connectivity index is 2.57. The quantitative estimate of drug-likeness (QED) is 0.632. The van der Waals surface area contributed by atoms with Crippen LogP contribution < -0.4 is 11.2 Å². The number of nitrogens with zero attached hydrogens (tertiary/aromatic N) is 1. The number of hydrogen-bond acceptors (Lipinski definition) is 3. The van der Waals surface area contributed by atoms with E-state index in [9.17, 15) is 14.7 Å². The Labute approximate surface area is 73.7 Å². The van der Waals surface area contributed by atoms with E-state index in [1.807, 2.05) is 6.92 Å². The van der Waals surface area contributed by atoms with E-state index in [0.717, 1.165) is 12.5 Å². The average molecular weight is 182 g/mol. The minimum Gasteiger partial charge on any atom is -0.494 e. The van der Waals surface area contributed by atoms with Gasteiger partial charge in [-0.2, -0.15) is 0 Å². The summed E-state index contributed by atoms with van der Waals surface area (Å²) in [5.74, 6) is 0.151. The monoisotopic (exact) mass is 182 g/mol. The average Bonchev–Trinajstić information content (AvgIpc) is 2.64. The minimum absolute atomic E-state index is 0.0457. The summed E-state index contributed by atoms with van der Waals surface area (Å²) in [5, 5.41) is 9.34. The standard InChI is InChI=1S/C8H10N2O3/c1-4-2-5(4)10-7(12)3-6(11)9-8(10)13/h3-5,12H,2H2,1H3,(H,9,11,13).